The molecule has 0 saturated carbocycles. The number of hydrogen-bond acceptors (Lipinski definition) is 8. The van der Waals surface area contributed by atoms with Crippen LogP contribution >= 0.6 is 0 Å². The van der Waals surface area contributed by atoms with Crippen molar-refractivity contribution in [3.63, 3.8) is 0 Å². The average molecular weight is 797 g/mol. The van der Waals surface area contributed by atoms with Gasteiger partial charge in [0.25, 0.3) is 0 Å². The zero-order valence-corrected chi connectivity index (χ0v) is 29.7. The summed E-state index contributed by atoms with van der Waals surface area (Å²) in [5.74, 6) is -9.50. The maximum atomic E-state index is 13.1. The minimum atomic E-state index is -4.80. The first-order chi connectivity index (χ1) is 25.7. The van der Waals surface area contributed by atoms with Gasteiger partial charge < -0.3 is 40.5 Å². The van der Waals surface area contributed by atoms with E-state index in [9.17, 15) is 65.9 Å². The van der Waals surface area contributed by atoms with Crippen LogP contribution in [-0.2, 0) is 41.0 Å². The Morgan fingerprint density at radius 3 is 1.38 bits per heavy atom. The zero-order chi connectivity index (χ0) is 42.1. The largest absolute Gasteiger partial charge is 0.481 e. The van der Waals surface area contributed by atoms with Gasteiger partial charge in [-0.05, 0) is 52.0 Å². The predicted octanol–water partition coefficient (Wildman–Crippen LogP) is 5.65. The van der Waals surface area contributed by atoms with Gasteiger partial charge in [-0.1, -0.05) is 12.1 Å². The number of hydrogen-bond donors (Lipinski definition) is 6. The number of halogens is 6. The van der Waals surface area contributed by atoms with Crippen molar-refractivity contribution in [3.05, 3.63) is 70.4 Å². The van der Waals surface area contributed by atoms with E-state index in [-0.39, 0.29) is 24.2 Å². The smallest absolute Gasteiger partial charge is 0.407 e. The summed E-state index contributed by atoms with van der Waals surface area (Å²) in [5, 5.41) is 44.2. The van der Waals surface area contributed by atoms with Gasteiger partial charge in [0.1, 0.15) is 17.1 Å². The molecule has 4 unspecified atom stereocenters. The third-order valence-corrected chi connectivity index (χ3v) is 11.1. The van der Waals surface area contributed by atoms with E-state index in [1.54, 1.807) is 0 Å². The second-order valence-electron chi connectivity index (χ2n) is 14.9. The monoisotopic (exact) mass is 796 g/mol. The van der Waals surface area contributed by atoms with Gasteiger partial charge in [-0.3, -0.25) is 19.2 Å². The Labute approximate surface area is 314 Å². The van der Waals surface area contributed by atoms with Crippen LogP contribution in [0.25, 0.3) is 9.69 Å². The van der Waals surface area contributed by atoms with Crippen molar-refractivity contribution in [2.75, 3.05) is 10.6 Å². The van der Waals surface area contributed by atoms with Gasteiger partial charge in [-0.15, -0.1) is 0 Å². The lowest BCUT2D eigenvalue weighted by Gasteiger charge is -2.36. The second-order valence-corrected chi connectivity index (χ2v) is 14.9. The molecule has 0 aromatic heterocycles. The molecule has 2 amide bonds. The molecule has 4 aliphatic rings. The Morgan fingerprint density at radius 1 is 0.661 bits per heavy atom. The Bertz CT molecular complexity index is 2080. The molecule has 2 aromatic rings. The number of benzene rings is 2. The van der Waals surface area contributed by atoms with Crippen LogP contribution < -0.4 is 10.6 Å². The summed E-state index contributed by atoms with van der Waals surface area (Å²) in [5.41, 5.74) is -9.60. The van der Waals surface area contributed by atoms with E-state index in [1.807, 2.05) is 0 Å². The van der Waals surface area contributed by atoms with Crippen LogP contribution in [0, 0.1) is 36.8 Å². The Morgan fingerprint density at radius 2 is 1.02 bits per heavy atom. The van der Waals surface area contributed by atoms with Gasteiger partial charge in [0.05, 0.1) is 65.4 Å². The summed E-state index contributed by atoms with van der Waals surface area (Å²) in [4.78, 5) is 54.8. The van der Waals surface area contributed by atoms with Gasteiger partial charge in [0, 0.05) is 24.2 Å². The number of ether oxygens (including phenoxy) is 2. The summed E-state index contributed by atoms with van der Waals surface area (Å²) in [6.45, 7) is 19.5. The molecule has 4 saturated heterocycles. The van der Waals surface area contributed by atoms with Crippen molar-refractivity contribution < 1.29 is 75.4 Å². The fourth-order valence-corrected chi connectivity index (χ4v) is 8.64. The highest BCUT2D eigenvalue weighted by Crippen LogP contribution is 2.59. The minimum absolute atomic E-state index is 0.0236. The third kappa shape index (κ3) is 6.91. The van der Waals surface area contributed by atoms with Crippen LogP contribution in [0.4, 0.5) is 49.1 Å². The lowest BCUT2D eigenvalue weighted by Crippen LogP contribution is -2.54. The SMILES string of the molecule is [C-]#[N+]c1ccc(NC(=O)[C@@H]2[C@H](C(=O)O)C3(C)C[C@H](O)C2(C)O3)cc1C(F)(F)F.[C-]#[N+]c1ccc(NC(=O)[C@H]2[C@@H](C(=O)O)C3(C)OC2(C)C[C@@H]3O)cc1C(F)(F)F. The van der Waals surface area contributed by atoms with E-state index in [4.69, 9.17) is 22.6 Å². The number of fused-ring (bicyclic) bond motifs is 4. The summed E-state index contributed by atoms with van der Waals surface area (Å²) < 4.78 is 90.1. The van der Waals surface area contributed by atoms with Crippen LogP contribution in [0.5, 0.6) is 0 Å². The molecule has 14 nitrogen and oxygen atoms in total. The first-order valence-electron chi connectivity index (χ1n) is 16.7. The minimum Gasteiger partial charge on any atom is -0.481 e. The fraction of sp³-hybridized carbons (Fsp3) is 0.500. The molecule has 0 aliphatic carbocycles. The van der Waals surface area contributed by atoms with Gasteiger partial charge in [0.15, 0.2) is 11.4 Å². The van der Waals surface area contributed by atoms with Crippen molar-refractivity contribution in [2.45, 2.75) is 87.5 Å². The zero-order valence-electron chi connectivity index (χ0n) is 29.7. The normalized spacial score (nSPS) is 34.1. The first-order valence-corrected chi connectivity index (χ1v) is 16.7. The van der Waals surface area contributed by atoms with E-state index >= 15 is 0 Å². The van der Waals surface area contributed by atoms with Crippen molar-refractivity contribution in [1.29, 1.82) is 0 Å². The third-order valence-electron chi connectivity index (χ3n) is 11.1. The van der Waals surface area contributed by atoms with Gasteiger partial charge in [0.2, 0.25) is 11.8 Å². The number of aliphatic hydroxyl groups excluding tert-OH is 2. The molecule has 300 valence electrons. The highest BCUT2D eigenvalue weighted by Gasteiger charge is 2.73. The lowest BCUT2D eigenvalue weighted by atomic mass is 9.66. The van der Waals surface area contributed by atoms with Crippen LogP contribution in [0.2, 0.25) is 0 Å². The molecule has 6 N–H and O–H groups in total. The van der Waals surface area contributed by atoms with Gasteiger partial charge in [-0.2, -0.15) is 26.3 Å². The van der Waals surface area contributed by atoms with Crippen molar-refractivity contribution in [3.8, 4) is 0 Å². The van der Waals surface area contributed by atoms with Crippen molar-refractivity contribution >= 4 is 46.5 Å². The quantitative estimate of drug-likeness (QED) is 0.157. The molecule has 10 atom stereocenters. The summed E-state index contributed by atoms with van der Waals surface area (Å²) in [6, 6.07) is 5.39. The average Bonchev–Trinajstić information content (AvgIpc) is 3.66. The van der Waals surface area contributed by atoms with Crippen LogP contribution in [0.1, 0.15) is 51.7 Å². The number of carboxylic acids is 2. The molecular weight excluding hydrogens is 762 g/mol. The topological polar surface area (TPSA) is 200 Å². The Balaban J connectivity index is 0.000000214. The molecule has 4 heterocycles. The summed E-state index contributed by atoms with van der Waals surface area (Å²) in [7, 11) is 0. The number of carbonyl (C=O) groups excluding carboxylic acids is 2. The summed E-state index contributed by atoms with van der Waals surface area (Å²) in [6.07, 6.45) is -11.7. The summed E-state index contributed by atoms with van der Waals surface area (Å²) >= 11 is 0. The number of alkyl halides is 6. The number of amides is 2. The first kappa shape index (κ1) is 41.9. The molecule has 0 spiro atoms. The number of anilines is 2. The van der Waals surface area contributed by atoms with Gasteiger partial charge in [-0.25, -0.2) is 9.69 Å². The molecule has 4 bridgehead atoms. The number of nitrogens with one attached hydrogen (secondary N) is 2. The highest BCUT2D eigenvalue weighted by molar-refractivity contribution is 5.98. The van der Waals surface area contributed by atoms with E-state index < -0.39 is 117 Å². The van der Waals surface area contributed by atoms with Crippen LogP contribution in [0.3, 0.4) is 0 Å². The molecule has 4 fully saturated rings. The standard InChI is InChI=1S/2C18H17F3N2O5/c1-16-7-11(24)17(2,28-16)12(13(16)15(26)27)14(25)23-8-4-5-10(22-3)9(6-8)18(19,20)21;1-16-7-11(24)17(2,28-16)13(15(26)27)12(16)14(25)23-8-4-5-10(22-3)9(6-8)18(19,20)21/h2*4-6,11-13,24H,7H2,1-2H3,(H,23,25)(H,26,27)/t11-,12-,13+,16?,17?;11-,12+,13-,16?,17?/m00/s1. The number of aliphatic hydroxyl groups is 2. The van der Waals surface area contributed by atoms with Crippen LogP contribution in [0.15, 0.2) is 36.4 Å². The number of carboxylic acid groups (broad SMARTS) is 2. The van der Waals surface area contributed by atoms with Gasteiger partial charge >= 0.3 is 24.3 Å². The van der Waals surface area contributed by atoms with Crippen molar-refractivity contribution in [1.82, 2.24) is 0 Å². The lowest BCUT2D eigenvalue weighted by molar-refractivity contribution is -0.154. The maximum absolute atomic E-state index is 13.1. The molecule has 2 aromatic carbocycles. The Hall–Kier alpha value is -5.28. The second kappa shape index (κ2) is 13.7. The van der Waals surface area contributed by atoms with Crippen LogP contribution in [-0.4, -0.2) is 78.8 Å². The molecule has 6 rings (SSSR count). The number of carbonyl (C=O) groups is 4. The van der Waals surface area contributed by atoms with E-state index in [0.717, 1.165) is 24.3 Å². The Kier molecular flexibility index (Phi) is 10.3. The maximum Gasteiger partial charge on any atom is 0.407 e. The number of nitrogens with zero attached hydrogens (tertiary/aromatic N) is 2. The molecule has 20 heteroatoms. The molecular formula is C36H34F6N4O10. The molecule has 4 aliphatic heterocycles. The van der Waals surface area contributed by atoms with E-state index in [0.29, 0.717) is 12.1 Å². The molecule has 56 heavy (non-hydrogen) atoms. The number of rotatable bonds is 6. The van der Waals surface area contributed by atoms with E-state index in [2.05, 4.69) is 20.3 Å². The fourth-order valence-electron chi connectivity index (χ4n) is 8.64. The van der Waals surface area contributed by atoms with Crippen molar-refractivity contribution in [2.24, 2.45) is 23.7 Å². The molecule has 0 radical (unpaired) electrons. The van der Waals surface area contributed by atoms with E-state index in [1.165, 1.54) is 27.7 Å². The predicted molar refractivity (Wildman–Crippen MR) is 179 cm³/mol. The highest BCUT2D eigenvalue weighted by atomic mass is 19.4. The number of aliphatic carboxylic acids is 2.